The molecule has 0 fully saturated rings. The molecule has 0 aromatic heterocycles. The van der Waals surface area contributed by atoms with E-state index in [4.69, 9.17) is 4.74 Å². The Bertz CT molecular complexity index is 419. The van der Waals surface area contributed by atoms with Crippen LogP contribution in [0.5, 0.6) is 0 Å². The van der Waals surface area contributed by atoms with E-state index in [0.717, 1.165) is 26.1 Å². The van der Waals surface area contributed by atoms with Crippen molar-refractivity contribution in [3.8, 4) is 0 Å². The largest absolute Gasteiger partial charge is 0.381 e. The number of unbranched alkanes of at least 4 members (excludes halogenated alkanes) is 9. The van der Waals surface area contributed by atoms with Crippen LogP contribution in [0.3, 0.4) is 0 Å². The Kier molecular flexibility index (Phi) is 14.0. The van der Waals surface area contributed by atoms with Crippen molar-refractivity contribution < 1.29 is 9.53 Å². The number of carbonyl (C=O) groups is 1. The van der Waals surface area contributed by atoms with Crippen LogP contribution in [0.4, 0.5) is 0 Å². The van der Waals surface area contributed by atoms with Gasteiger partial charge in [0, 0.05) is 25.3 Å². The minimum absolute atomic E-state index is 0.00436. The fourth-order valence-electron chi connectivity index (χ4n) is 2.86. The average Bonchev–Trinajstić information content (AvgIpc) is 2.65. The summed E-state index contributed by atoms with van der Waals surface area (Å²) in [6, 6.07) is 9.33. The molecule has 142 valence electrons. The monoisotopic (exact) mass is 347 g/mol. The first-order chi connectivity index (χ1) is 12.3. The number of benzene rings is 1. The summed E-state index contributed by atoms with van der Waals surface area (Å²) < 4.78 is 5.64. The van der Waals surface area contributed by atoms with Crippen LogP contribution in [0, 0.1) is 0 Å². The maximum atomic E-state index is 11.8. The lowest BCUT2D eigenvalue weighted by Gasteiger charge is -2.06. The molecule has 1 aromatic carbocycles. The molecule has 0 atom stereocenters. The minimum Gasteiger partial charge on any atom is -0.381 e. The summed E-state index contributed by atoms with van der Waals surface area (Å²) in [4.78, 5) is 11.8. The third kappa shape index (κ3) is 12.6. The second kappa shape index (κ2) is 16.1. The van der Waals surface area contributed by atoms with E-state index in [1.165, 1.54) is 57.8 Å². The Labute approximate surface area is 154 Å². The quantitative estimate of drug-likeness (QED) is 0.387. The van der Waals surface area contributed by atoms with Gasteiger partial charge >= 0.3 is 0 Å². The number of hydrogen-bond donors (Lipinski definition) is 1. The smallest absolute Gasteiger partial charge is 0.251 e. The van der Waals surface area contributed by atoms with Crippen LogP contribution in [0.15, 0.2) is 30.3 Å². The number of rotatable bonds is 16. The van der Waals surface area contributed by atoms with Crippen LogP contribution >= 0.6 is 0 Å². The molecular weight excluding hydrogens is 310 g/mol. The van der Waals surface area contributed by atoms with Crippen molar-refractivity contribution in [2.24, 2.45) is 0 Å². The van der Waals surface area contributed by atoms with Gasteiger partial charge in [-0.15, -0.1) is 0 Å². The zero-order valence-corrected chi connectivity index (χ0v) is 16.1. The van der Waals surface area contributed by atoms with E-state index >= 15 is 0 Å². The van der Waals surface area contributed by atoms with Crippen molar-refractivity contribution in [2.45, 2.75) is 77.6 Å². The van der Waals surface area contributed by atoms with Crippen molar-refractivity contribution in [2.75, 3.05) is 19.8 Å². The van der Waals surface area contributed by atoms with Gasteiger partial charge in [0.25, 0.3) is 5.91 Å². The van der Waals surface area contributed by atoms with Crippen molar-refractivity contribution in [3.05, 3.63) is 35.9 Å². The molecule has 3 heteroatoms. The first kappa shape index (κ1) is 21.7. The highest BCUT2D eigenvalue weighted by atomic mass is 16.5. The molecule has 0 aliphatic carbocycles. The maximum absolute atomic E-state index is 11.8. The summed E-state index contributed by atoms with van der Waals surface area (Å²) in [5.41, 5.74) is 0.716. The van der Waals surface area contributed by atoms with Gasteiger partial charge in [0.15, 0.2) is 0 Å². The van der Waals surface area contributed by atoms with E-state index in [1.54, 1.807) is 0 Å². The second-order valence-electron chi connectivity index (χ2n) is 6.77. The molecule has 0 radical (unpaired) electrons. The van der Waals surface area contributed by atoms with Gasteiger partial charge in [-0.3, -0.25) is 4.79 Å². The van der Waals surface area contributed by atoms with Crippen LogP contribution in [0.2, 0.25) is 0 Å². The molecule has 1 rings (SSSR count). The summed E-state index contributed by atoms with van der Waals surface area (Å²) >= 11 is 0. The van der Waals surface area contributed by atoms with Crippen LogP contribution in [-0.4, -0.2) is 25.7 Å². The number of carbonyl (C=O) groups excluding carboxylic acids is 1. The van der Waals surface area contributed by atoms with E-state index < -0.39 is 0 Å². The number of ether oxygens (including phenoxy) is 1. The van der Waals surface area contributed by atoms with Crippen LogP contribution < -0.4 is 5.32 Å². The van der Waals surface area contributed by atoms with Crippen molar-refractivity contribution >= 4 is 5.91 Å². The van der Waals surface area contributed by atoms with Gasteiger partial charge in [-0.25, -0.2) is 0 Å². The molecule has 0 aliphatic rings. The molecule has 0 heterocycles. The highest BCUT2D eigenvalue weighted by Gasteiger charge is 2.02. The molecular formula is C22H37NO2. The van der Waals surface area contributed by atoms with Gasteiger partial charge < -0.3 is 10.1 Å². The summed E-state index contributed by atoms with van der Waals surface area (Å²) in [5, 5.41) is 2.92. The number of amides is 1. The first-order valence-electron chi connectivity index (χ1n) is 10.3. The Hall–Kier alpha value is -1.35. The summed E-state index contributed by atoms with van der Waals surface area (Å²) in [7, 11) is 0. The molecule has 1 amide bonds. The molecule has 0 aliphatic heterocycles. The summed E-state index contributed by atoms with van der Waals surface area (Å²) in [6.07, 6.45) is 14.4. The van der Waals surface area contributed by atoms with Gasteiger partial charge in [-0.1, -0.05) is 82.9 Å². The van der Waals surface area contributed by atoms with Crippen LogP contribution in [0.25, 0.3) is 0 Å². The zero-order chi connectivity index (χ0) is 18.0. The van der Waals surface area contributed by atoms with Gasteiger partial charge in [-0.2, -0.15) is 0 Å². The molecule has 0 bridgehead atoms. The normalized spacial score (nSPS) is 10.8. The highest BCUT2D eigenvalue weighted by Crippen LogP contribution is 2.10. The zero-order valence-electron chi connectivity index (χ0n) is 16.1. The topological polar surface area (TPSA) is 38.3 Å². The van der Waals surface area contributed by atoms with Gasteiger partial charge in [0.1, 0.15) is 0 Å². The van der Waals surface area contributed by atoms with Gasteiger partial charge in [-0.05, 0) is 25.0 Å². The van der Waals surface area contributed by atoms with E-state index in [-0.39, 0.29) is 5.91 Å². The van der Waals surface area contributed by atoms with E-state index in [1.807, 2.05) is 30.3 Å². The summed E-state index contributed by atoms with van der Waals surface area (Å²) in [6.45, 7) is 4.52. The molecule has 3 nitrogen and oxygen atoms in total. The van der Waals surface area contributed by atoms with Gasteiger partial charge in [0.2, 0.25) is 0 Å². The van der Waals surface area contributed by atoms with Crippen LogP contribution in [-0.2, 0) is 4.74 Å². The predicted octanol–water partition coefficient (Wildman–Crippen LogP) is 5.74. The average molecular weight is 348 g/mol. The van der Waals surface area contributed by atoms with Gasteiger partial charge in [0.05, 0.1) is 0 Å². The summed E-state index contributed by atoms with van der Waals surface area (Å²) in [5.74, 6) is -0.00436. The predicted molar refractivity (Wildman–Crippen MR) is 106 cm³/mol. The van der Waals surface area contributed by atoms with Crippen molar-refractivity contribution in [1.29, 1.82) is 0 Å². The second-order valence-corrected chi connectivity index (χ2v) is 6.77. The third-order valence-corrected chi connectivity index (χ3v) is 4.43. The molecule has 0 spiro atoms. The molecule has 0 saturated heterocycles. The fraction of sp³-hybridized carbons (Fsp3) is 0.682. The molecule has 0 saturated carbocycles. The van der Waals surface area contributed by atoms with Crippen molar-refractivity contribution in [3.63, 3.8) is 0 Å². The molecule has 0 unspecified atom stereocenters. The Morgan fingerprint density at radius 2 is 1.36 bits per heavy atom. The fourth-order valence-corrected chi connectivity index (χ4v) is 2.86. The Balaban J connectivity index is 1.78. The van der Waals surface area contributed by atoms with E-state index in [9.17, 15) is 4.79 Å². The highest BCUT2D eigenvalue weighted by molar-refractivity contribution is 5.94. The van der Waals surface area contributed by atoms with E-state index in [0.29, 0.717) is 12.1 Å². The third-order valence-electron chi connectivity index (χ3n) is 4.43. The van der Waals surface area contributed by atoms with E-state index in [2.05, 4.69) is 12.2 Å². The first-order valence-corrected chi connectivity index (χ1v) is 10.3. The van der Waals surface area contributed by atoms with Crippen molar-refractivity contribution in [1.82, 2.24) is 5.32 Å². The maximum Gasteiger partial charge on any atom is 0.251 e. The molecule has 1 N–H and O–H groups in total. The lowest BCUT2D eigenvalue weighted by atomic mass is 10.1. The lowest BCUT2D eigenvalue weighted by Crippen LogP contribution is -2.25. The standard InChI is InChI=1S/C22H37NO2/c1-2-3-4-5-6-7-8-9-10-14-19-25-20-15-18-23-22(24)21-16-12-11-13-17-21/h11-13,16-17H,2-10,14-15,18-20H2,1H3,(H,23,24). The number of hydrogen-bond acceptors (Lipinski definition) is 2. The molecule has 1 aromatic rings. The number of nitrogens with one attached hydrogen (secondary N) is 1. The SMILES string of the molecule is CCCCCCCCCCCCOCCCNC(=O)c1ccccc1. The Morgan fingerprint density at radius 3 is 2.00 bits per heavy atom. The van der Waals surface area contributed by atoms with Crippen LogP contribution in [0.1, 0.15) is 87.9 Å². The lowest BCUT2D eigenvalue weighted by molar-refractivity contribution is 0.0940. The Morgan fingerprint density at radius 1 is 0.800 bits per heavy atom. The molecule has 25 heavy (non-hydrogen) atoms. The minimum atomic E-state index is -0.00436.